The molecule has 19 heavy (non-hydrogen) atoms. The highest BCUT2D eigenvalue weighted by Gasteiger charge is 2.22. The van der Waals surface area contributed by atoms with Crippen molar-refractivity contribution in [3.05, 3.63) is 46.0 Å². The fraction of sp³-hybridized carbons (Fsp3) is 0.333. The third kappa shape index (κ3) is 2.90. The smallest absolute Gasteiger partial charge is 0.129 e. The average Bonchev–Trinajstić information content (AvgIpc) is 2.73. The Kier molecular flexibility index (Phi) is 4.42. The number of hydrogen-bond donors (Lipinski definition) is 2. The molecule has 3 N–H and O–H groups in total. The lowest BCUT2D eigenvalue weighted by Gasteiger charge is -2.20. The monoisotopic (exact) mass is 299 g/mol. The number of hydrazine groups is 1. The molecule has 0 bridgehead atoms. The van der Waals surface area contributed by atoms with Crippen molar-refractivity contribution in [3.63, 3.8) is 0 Å². The zero-order valence-corrected chi connectivity index (χ0v) is 12.2. The van der Waals surface area contributed by atoms with Crippen molar-refractivity contribution in [2.24, 2.45) is 5.84 Å². The summed E-state index contributed by atoms with van der Waals surface area (Å²) in [6.07, 6.45) is 3.25. The molecule has 0 saturated heterocycles. The van der Waals surface area contributed by atoms with Gasteiger partial charge in [0.05, 0.1) is 23.0 Å². The average molecular weight is 300 g/mol. The van der Waals surface area contributed by atoms with E-state index in [-0.39, 0.29) is 12.1 Å². The van der Waals surface area contributed by atoms with E-state index in [4.69, 9.17) is 29.0 Å². The van der Waals surface area contributed by atoms with Gasteiger partial charge in [-0.05, 0) is 31.5 Å². The number of hydrogen-bond acceptors (Lipinski definition) is 4. The standard InChI is InChI=1S/C12H15Cl2N5/c1-7(2)19-12(9(13)6-17-19)11(18-15)8-3-4-16-10(14)5-8/h3-7,11,18H,15H2,1-2H3. The summed E-state index contributed by atoms with van der Waals surface area (Å²) in [7, 11) is 0. The Balaban J connectivity index is 2.51. The van der Waals surface area contributed by atoms with Crippen LogP contribution in [0.1, 0.15) is 37.2 Å². The Morgan fingerprint density at radius 2 is 2.11 bits per heavy atom. The van der Waals surface area contributed by atoms with E-state index in [2.05, 4.69) is 15.5 Å². The number of pyridine rings is 1. The molecule has 2 aromatic rings. The number of nitrogens with two attached hydrogens (primary N) is 1. The lowest BCUT2D eigenvalue weighted by molar-refractivity contribution is 0.476. The Morgan fingerprint density at radius 1 is 1.37 bits per heavy atom. The molecule has 0 radical (unpaired) electrons. The van der Waals surface area contributed by atoms with E-state index in [1.807, 2.05) is 24.6 Å². The molecule has 102 valence electrons. The highest BCUT2D eigenvalue weighted by molar-refractivity contribution is 6.31. The molecule has 2 aromatic heterocycles. The highest BCUT2D eigenvalue weighted by Crippen LogP contribution is 2.30. The summed E-state index contributed by atoms with van der Waals surface area (Å²) in [5.74, 6) is 5.67. The summed E-state index contributed by atoms with van der Waals surface area (Å²) in [4.78, 5) is 3.96. The number of rotatable bonds is 4. The second-order valence-electron chi connectivity index (χ2n) is 4.43. The third-order valence-electron chi connectivity index (χ3n) is 2.80. The Hall–Kier alpha value is -1.14. The van der Waals surface area contributed by atoms with Gasteiger partial charge in [-0.15, -0.1) is 0 Å². The van der Waals surface area contributed by atoms with Crippen LogP contribution in [0.4, 0.5) is 0 Å². The lowest BCUT2D eigenvalue weighted by Crippen LogP contribution is -2.31. The van der Waals surface area contributed by atoms with Gasteiger partial charge in [0, 0.05) is 12.2 Å². The molecule has 1 atom stereocenters. The Bertz CT molecular complexity index is 567. The first-order valence-electron chi connectivity index (χ1n) is 5.85. The van der Waals surface area contributed by atoms with Crippen molar-refractivity contribution in [2.45, 2.75) is 25.9 Å². The highest BCUT2D eigenvalue weighted by atomic mass is 35.5. The maximum atomic E-state index is 6.22. The van der Waals surface area contributed by atoms with Crippen LogP contribution in [0.5, 0.6) is 0 Å². The topological polar surface area (TPSA) is 68.8 Å². The molecule has 2 rings (SSSR count). The van der Waals surface area contributed by atoms with Crippen molar-refractivity contribution in [2.75, 3.05) is 0 Å². The van der Waals surface area contributed by atoms with Gasteiger partial charge in [0.2, 0.25) is 0 Å². The van der Waals surface area contributed by atoms with E-state index >= 15 is 0 Å². The summed E-state index contributed by atoms with van der Waals surface area (Å²) in [6.45, 7) is 4.06. The minimum Gasteiger partial charge on any atom is -0.271 e. The van der Waals surface area contributed by atoms with Crippen LogP contribution >= 0.6 is 23.2 Å². The van der Waals surface area contributed by atoms with E-state index in [0.717, 1.165) is 11.3 Å². The molecular weight excluding hydrogens is 285 g/mol. The van der Waals surface area contributed by atoms with Crippen molar-refractivity contribution in [3.8, 4) is 0 Å². The van der Waals surface area contributed by atoms with Gasteiger partial charge in [0.15, 0.2) is 0 Å². The Labute approximate surface area is 121 Å². The zero-order chi connectivity index (χ0) is 14.0. The molecule has 0 saturated carbocycles. The molecule has 1 unspecified atom stereocenters. The molecule has 0 aliphatic rings. The molecule has 0 fully saturated rings. The molecule has 0 aromatic carbocycles. The van der Waals surface area contributed by atoms with Gasteiger partial charge in [0.1, 0.15) is 5.15 Å². The van der Waals surface area contributed by atoms with Gasteiger partial charge in [0.25, 0.3) is 0 Å². The van der Waals surface area contributed by atoms with Gasteiger partial charge < -0.3 is 0 Å². The van der Waals surface area contributed by atoms with Gasteiger partial charge >= 0.3 is 0 Å². The van der Waals surface area contributed by atoms with E-state index in [9.17, 15) is 0 Å². The van der Waals surface area contributed by atoms with E-state index < -0.39 is 0 Å². The lowest BCUT2D eigenvalue weighted by atomic mass is 10.1. The van der Waals surface area contributed by atoms with Crippen LogP contribution in [0.2, 0.25) is 10.2 Å². The second-order valence-corrected chi connectivity index (χ2v) is 5.22. The van der Waals surface area contributed by atoms with Crippen molar-refractivity contribution in [1.82, 2.24) is 20.2 Å². The predicted molar refractivity (Wildman–Crippen MR) is 76.0 cm³/mol. The summed E-state index contributed by atoms with van der Waals surface area (Å²) in [6, 6.07) is 3.47. The zero-order valence-electron chi connectivity index (χ0n) is 10.6. The van der Waals surface area contributed by atoms with Crippen LogP contribution in [0, 0.1) is 0 Å². The van der Waals surface area contributed by atoms with Gasteiger partial charge in [-0.1, -0.05) is 23.2 Å². The molecule has 0 aliphatic heterocycles. The number of halogens is 2. The fourth-order valence-electron chi connectivity index (χ4n) is 1.96. The van der Waals surface area contributed by atoms with Crippen LogP contribution in [0.3, 0.4) is 0 Å². The summed E-state index contributed by atoms with van der Waals surface area (Å²) in [5, 5.41) is 5.24. The second kappa shape index (κ2) is 5.88. The molecule has 0 amide bonds. The van der Waals surface area contributed by atoms with Crippen LogP contribution in [-0.2, 0) is 0 Å². The first-order chi connectivity index (χ1) is 9.04. The molecule has 2 heterocycles. The van der Waals surface area contributed by atoms with Crippen molar-refractivity contribution < 1.29 is 0 Å². The van der Waals surface area contributed by atoms with E-state index in [1.165, 1.54) is 0 Å². The van der Waals surface area contributed by atoms with Crippen molar-refractivity contribution in [1.29, 1.82) is 0 Å². The number of nitrogens with zero attached hydrogens (tertiary/aromatic N) is 3. The predicted octanol–water partition coefficient (Wildman–Crippen LogP) is 2.72. The minimum atomic E-state index is -0.294. The van der Waals surface area contributed by atoms with Crippen LogP contribution in [0.15, 0.2) is 24.5 Å². The van der Waals surface area contributed by atoms with E-state index in [0.29, 0.717) is 10.2 Å². The minimum absolute atomic E-state index is 0.177. The van der Waals surface area contributed by atoms with Gasteiger partial charge in [-0.2, -0.15) is 5.10 Å². The largest absolute Gasteiger partial charge is 0.271 e. The molecule has 5 nitrogen and oxygen atoms in total. The molecular formula is C12H15Cl2N5. The van der Waals surface area contributed by atoms with E-state index in [1.54, 1.807) is 18.5 Å². The van der Waals surface area contributed by atoms with Crippen LogP contribution < -0.4 is 11.3 Å². The maximum absolute atomic E-state index is 6.22. The fourth-order valence-corrected chi connectivity index (χ4v) is 2.38. The first kappa shape index (κ1) is 14.3. The number of aromatic nitrogens is 3. The summed E-state index contributed by atoms with van der Waals surface area (Å²) < 4.78 is 1.83. The first-order valence-corrected chi connectivity index (χ1v) is 6.60. The van der Waals surface area contributed by atoms with Crippen LogP contribution in [0.25, 0.3) is 0 Å². The molecule has 0 spiro atoms. The number of nitrogens with one attached hydrogen (secondary N) is 1. The summed E-state index contributed by atoms with van der Waals surface area (Å²) >= 11 is 12.1. The van der Waals surface area contributed by atoms with Gasteiger partial charge in [-0.25, -0.2) is 10.4 Å². The van der Waals surface area contributed by atoms with Gasteiger partial charge in [-0.3, -0.25) is 10.5 Å². The maximum Gasteiger partial charge on any atom is 0.129 e. The van der Waals surface area contributed by atoms with Crippen LogP contribution in [-0.4, -0.2) is 14.8 Å². The normalized spacial score (nSPS) is 12.9. The van der Waals surface area contributed by atoms with Crippen molar-refractivity contribution >= 4 is 23.2 Å². The SMILES string of the molecule is CC(C)n1ncc(Cl)c1C(NN)c1ccnc(Cl)c1. The third-order valence-corrected chi connectivity index (χ3v) is 3.30. The quantitative estimate of drug-likeness (QED) is 0.517. The Morgan fingerprint density at radius 3 is 2.68 bits per heavy atom. The molecule has 7 heteroatoms. The summed E-state index contributed by atoms with van der Waals surface area (Å²) in [5.41, 5.74) is 4.44. The molecule has 0 aliphatic carbocycles.